The summed E-state index contributed by atoms with van der Waals surface area (Å²) in [6.07, 6.45) is 13.4. The van der Waals surface area contributed by atoms with Crippen LogP contribution in [0, 0.1) is 28.6 Å². The van der Waals surface area contributed by atoms with Crippen molar-refractivity contribution in [2.45, 2.75) is 98.0 Å². The Morgan fingerprint density at radius 3 is 2.30 bits per heavy atom. The van der Waals surface area contributed by atoms with Crippen molar-refractivity contribution in [2.75, 3.05) is 0 Å². The monoisotopic (exact) mass is 446 g/mol. The highest BCUT2D eigenvalue weighted by Gasteiger charge is 2.56. The maximum absolute atomic E-state index is 11.5. The van der Waals surface area contributed by atoms with Gasteiger partial charge in [0.1, 0.15) is 6.10 Å². The molecule has 0 radical (unpaired) electrons. The van der Waals surface area contributed by atoms with Crippen LogP contribution in [0.2, 0.25) is 0 Å². The van der Waals surface area contributed by atoms with E-state index < -0.39 is 0 Å². The number of hydrogen-bond donors (Lipinski definition) is 0. The Balaban J connectivity index is 1.38. The molecule has 6 atom stereocenters. The van der Waals surface area contributed by atoms with E-state index in [-0.39, 0.29) is 22.9 Å². The molecule has 5 rings (SSSR count). The van der Waals surface area contributed by atoms with E-state index in [0.717, 1.165) is 37.0 Å². The van der Waals surface area contributed by atoms with Gasteiger partial charge < -0.3 is 4.74 Å². The van der Waals surface area contributed by atoms with Crippen molar-refractivity contribution in [2.24, 2.45) is 28.6 Å². The van der Waals surface area contributed by atoms with Gasteiger partial charge in [-0.25, -0.2) is 0 Å². The third-order valence-corrected chi connectivity index (χ3v) is 10.0. The van der Waals surface area contributed by atoms with Crippen molar-refractivity contribution in [1.82, 2.24) is 0 Å². The first-order valence-corrected chi connectivity index (χ1v) is 13.2. The fraction of sp³-hybridized carbons (Fsp3) is 0.645. The molecule has 33 heavy (non-hydrogen) atoms. The molecule has 0 spiro atoms. The predicted molar refractivity (Wildman–Crippen MR) is 136 cm³/mol. The molecule has 1 aromatic carbocycles. The number of esters is 1. The van der Waals surface area contributed by atoms with Gasteiger partial charge in [-0.2, -0.15) is 0 Å². The third kappa shape index (κ3) is 3.72. The summed E-state index contributed by atoms with van der Waals surface area (Å²) in [5.41, 5.74) is 6.81. The molecule has 0 amide bonds. The lowest BCUT2D eigenvalue weighted by molar-refractivity contribution is -0.148. The van der Waals surface area contributed by atoms with E-state index in [0.29, 0.717) is 5.41 Å². The molecule has 2 fully saturated rings. The van der Waals surface area contributed by atoms with Crippen molar-refractivity contribution in [3.63, 3.8) is 0 Å². The van der Waals surface area contributed by atoms with Crippen LogP contribution in [0.5, 0.6) is 0 Å². The van der Waals surface area contributed by atoms with E-state index in [1.165, 1.54) is 36.8 Å². The average molecular weight is 447 g/mol. The van der Waals surface area contributed by atoms with Crippen LogP contribution in [0.1, 0.15) is 97.6 Å². The molecule has 0 aromatic heterocycles. The van der Waals surface area contributed by atoms with E-state index in [2.05, 4.69) is 71.0 Å². The quantitative estimate of drug-likeness (QED) is 0.341. The standard InChI is InChI=1S/C31H42O2/c1-20(32)33-24-15-17-30(5)23(19-24)11-12-25-27-14-13-26(31(27,6)18-16-28(25)30)21-7-9-22(10-8-21)29(2,3)4/h7-11,13,24-25,27-28H,12,14-19H2,1-6H3/t24-,25-,27-,28-,30-,31+/m0/s1. The van der Waals surface area contributed by atoms with Gasteiger partial charge in [-0.15, -0.1) is 0 Å². The van der Waals surface area contributed by atoms with Crippen molar-refractivity contribution < 1.29 is 9.53 Å². The van der Waals surface area contributed by atoms with Crippen molar-refractivity contribution >= 4 is 11.5 Å². The zero-order valence-electron chi connectivity index (χ0n) is 21.5. The Labute approximate surface area is 200 Å². The van der Waals surface area contributed by atoms with Gasteiger partial charge in [0.15, 0.2) is 0 Å². The first kappa shape index (κ1) is 22.9. The molecule has 2 heteroatoms. The first-order valence-electron chi connectivity index (χ1n) is 13.2. The van der Waals surface area contributed by atoms with Gasteiger partial charge in [-0.05, 0) is 89.2 Å². The largest absolute Gasteiger partial charge is 0.462 e. The number of ether oxygens (including phenoxy) is 1. The summed E-state index contributed by atoms with van der Waals surface area (Å²) in [4.78, 5) is 11.5. The summed E-state index contributed by atoms with van der Waals surface area (Å²) >= 11 is 0. The highest BCUT2D eigenvalue weighted by Crippen LogP contribution is 2.66. The molecule has 4 aliphatic carbocycles. The van der Waals surface area contributed by atoms with Crippen LogP contribution in [0.15, 0.2) is 42.0 Å². The Kier molecular flexibility index (Phi) is 5.46. The van der Waals surface area contributed by atoms with E-state index in [9.17, 15) is 4.79 Å². The lowest BCUT2D eigenvalue weighted by Crippen LogP contribution is -2.50. The molecule has 178 valence electrons. The highest BCUT2D eigenvalue weighted by molar-refractivity contribution is 5.73. The zero-order chi connectivity index (χ0) is 23.6. The van der Waals surface area contributed by atoms with Gasteiger partial charge in [-0.3, -0.25) is 4.79 Å². The van der Waals surface area contributed by atoms with E-state index in [4.69, 9.17) is 4.74 Å². The minimum absolute atomic E-state index is 0.0862. The van der Waals surface area contributed by atoms with Crippen LogP contribution in [0.3, 0.4) is 0 Å². The number of allylic oxidation sites excluding steroid dienone is 3. The average Bonchev–Trinajstić information content (AvgIpc) is 3.10. The van der Waals surface area contributed by atoms with Crippen LogP contribution in [-0.2, 0) is 14.9 Å². The molecule has 0 heterocycles. The highest BCUT2D eigenvalue weighted by atomic mass is 16.5. The summed E-state index contributed by atoms with van der Waals surface area (Å²) in [7, 11) is 0. The van der Waals surface area contributed by atoms with E-state index in [1.54, 1.807) is 18.1 Å². The Hall–Kier alpha value is -1.83. The molecule has 2 saturated carbocycles. The zero-order valence-corrected chi connectivity index (χ0v) is 21.5. The summed E-state index contributed by atoms with van der Waals surface area (Å²) in [5, 5.41) is 0. The molecule has 0 bridgehead atoms. The van der Waals surface area contributed by atoms with Gasteiger partial charge >= 0.3 is 5.97 Å². The second kappa shape index (κ2) is 7.85. The summed E-state index contributed by atoms with van der Waals surface area (Å²) in [6.45, 7) is 13.5. The number of rotatable bonds is 2. The molecular formula is C31H42O2. The van der Waals surface area contributed by atoms with Gasteiger partial charge in [0.05, 0.1) is 0 Å². The fourth-order valence-electron chi connectivity index (χ4n) is 8.13. The number of carbonyl (C=O) groups excluding carboxylic acids is 1. The van der Waals surface area contributed by atoms with Gasteiger partial charge in [0.2, 0.25) is 0 Å². The second-order valence-corrected chi connectivity index (χ2v) is 12.9. The fourth-order valence-corrected chi connectivity index (χ4v) is 8.13. The maximum Gasteiger partial charge on any atom is 0.302 e. The third-order valence-electron chi connectivity index (χ3n) is 10.0. The summed E-state index contributed by atoms with van der Waals surface area (Å²) in [5.74, 6) is 2.15. The Morgan fingerprint density at radius 2 is 1.64 bits per heavy atom. The Morgan fingerprint density at radius 1 is 0.939 bits per heavy atom. The molecule has 4 aliphatic rings. The lowest BCUT2D eigenvalue weighted by atomic mass is 9.47. The van der Waals surface area contributed by atoms with Crippen LogP contribution >= 0.6 is 0 Å². The van der Waals surface area contributed by atoms with Crippen LogP contribution in [0.4, 0.5) is 0 Å². The van der Waals surface area contributed by atoms with Crippen LogP contribution in [-0.4, -0.2) is 12.1 Å². The van der Waals surface area contributed by atoms with Crippen molar-refractivity contribution in [1.29, 1.82) is 0 Å². The predicted octanol–water partition coefficient (Wildman–Crippen LogP) is 7.87. The SMILES string of the molecule is CC(=O)O[C@H]1CC[C@@]2(C)C(=CC[C@@H]3[C@@H]2CC[C@]2(C)C(c4ccc(C(C)(C)C)cc4)=CC[C@@H]32)C1. The topological polar surface area (TPSA) is 26.3 Å². The van der Waals surface area contributed by atoms with Gasteiger partial charge in [0.25, 0.3) is 0 Å². The summed E-state index contributed by atoms with van der Waals surface area (Å²) < 4.78 is 5.61. The normalized spacial score (nSPS) is 37.9. The molecule has 0 N–H and O–H groups in total. The number of benzene rings is 1. The Bertz CT molecular complexity index is 991. The minimum Gasteiger partial charge on any atom is -0.462 e. The summed E-state index contributed by atoms with van der Waals surface area (Å²) in [6, 6.07) is 9.44. The minimum atomic E-state index is -0.133. The smallest absolute Gasteiger partial charge is 0.302 e. The number of fused-ring (bicyclic) bond motifs is 5. The van der Waals surface area contributed by atoms with Gasteiger partial charge in [0, 0.05) is 13.3 Å². The molecule has 0 saturated heterocycles. The second-order valence-electron chi connectivity index (χ2n) is 12.9. The van der Waals surface area contributed by atoms with E-state index in [1.807, 2.05) is 0 Å². The number of hydrogen-bond acceptors (Lipinski definition) is 2. The van der Waals surface area contributed by atoms with Crippen molar-refractivity contribution in [3.05, 3.63) is 53.1 Å². The molecule has 2 nitrogen and oxygen atoms in total. The van der Waals surface area contributed by atoms with Gasteiger partial charge in [-0.1, -0.05) is 76.6 Å². The van der Waals surface area contributed by atoms with Crippen molar-refractivity contribution in [3.8, 4) is 0 Å². The van der Waals surface area contributed by atoms with Crippen LogP contribution in [0.25, 0.3) is 5.57 Å². The van der Waals surface area contributed by atoms with Crippen LogP contribution < -0.4 is 0 Å². The first-order chi connectivity index (χ1) is 15.5. The van der Waals surface area contributed by atoms with E-state index >= 15 is 0 Å². The molecular weight excluding hydrogens is 404 g/mol. The molecule has 1 aromatic rings. The number of carbonyl (C=O) groups is 1. The lowest BCUT2D eigenvalue weighted by Gasteiger charge is -2.57. The molecule has 0 unspecified atom stereocenters. The maximum atomic E-state index is 11.5. The molecule has 0 aliphatic heterocycles.